The second-order valence-corrected chi connectivity index (χ2v) is 8.27. The van der Waals surface area contributed by atoms with E-state index in [9.17, 15) is 4.79 Å². The molecule has 0 radical (unpaired) electrons. The highest BCUT2D eigenvalue weighted by molar-refractivity contribution is 9.10. The van der Waals surface area contributed by atoms with Crippen LogP contribution in [0.3, 0.4) is 0 Å². The smallest absolute Gasteiger partial charge is 0.270 e. The molecular weight excluding hydrogens is 540 g/mol. The second kappa shape index (κ2) is 11.4. The van der Waals surface area contributed by atoms with Gasteiger partial charge < -0.3 is 25.5 Å². The van der Waals surface area contributed by atoms with Crippen molar-refractivity contribution in [2.45, 2.75) is 13.1 Å². The summed E-state index contributed by atoms with van der Waals surface area (Å²) in [6.45, 7) is 0.536. The Labute approximate surface area is 206 Å². The fraction of sp³-hybridized carbons (Fsp3) is 0.190. The third kappa shape index (κ3) is 6.43. The number of hydrogen-bond donors (Lipinski definition) is 4. The maximum Gasteiger partial charge on any atom is 0.270 e. The molecule has 0 aliphatic rings. The Balaban J connectivity index is 1.73. The van der Waals surface area contributed by atoms with E-state index in [-0.39, 0.29) is 51.5 Å². The second-order valence-electron chi connectivity index (χ2n) is 6.67. The number of aromatic nitrogens is 2. The zero-order valence-electron chi connectivity index (χ0n) is 16.9. The summed E-state index contributed by atoms with van der Waals surface area (Å²) in [4.78, 5) is 19.6. The van der Waals surface area contributed by atoms with E-state index < -0.39 is 11.7 Å². The number of benzene rings is 2. The lowest BCUT2D eigenvalue weighted by Gasteiger charge is -2.13. The molecule has 0 saturated carbocycles. The molecule has 0 unspecified atom stereocenters. The first kappa shape index (κ1) is 25.0. The fourth-order valence-electron chi connectivity index (χ4n) is 2.79. The largest absolute Gasteiger partial charge is 0.453 e. The number of aromatic amines is 1. The van der Waals surface area contributed by atoms with Crippen molar-refractivity contribution in [3.63, 3.8) is 0 Å². The predicted octanol–water partition coefficient (Wildman–Crippen LogP) is 4.29. The number of halogens is 4. The van der Waals surface area contributed by atoms with Crippen molar-refractivity contribution in [1.82, 2.24) is 20.6 Å². The van der Waals surface area contributed by atoms with Gasteiger partial charge in [0.15, 0.2) is 11.6 Å². The van der Waals surface area contributed by atoms with Gasteiger partial charge in [-0.15, -0.1) is 0 Å². The van der Waals surface area contributed by atoms with Gasteiger partial charge in [0.05, 0.1) is 29.8 Å². The number of carbonyl (C=O) groups excluding carboxylic acids is 1. The molecule has 172 valence electrons. The van der Waals surface area contributed by atoms with Crippen molar-refractivity contribution in [1.29, 1.82) is 5.26 Å². The Kier molecular flexibility index (Phi) is 8.66. The fourth-order valence-corrected chi connectivity index (χ4v) is 3.69. The van der Waals surface area contributed by atoms with Crippen LogP contribution in [0, 0.1) is 17.1 Å². The summed E-state index contributed by atoms with van der Waals surface area (Å²) in [5.41, 5.74) is 0.545. The van der Waals surface area contributed by atoms with E-state index in [1.807, 2.05) is 6.07 Å². The first-order valence-corrected chi connectivity index (χ1v) is 11.1. The number of aliphatic hydroxyl groups is 1. The number of carbonyl (C=O) groups is 1. The van der Waals surface area contributed by atoms with Crippen LogP contribution >= 0.6 is 39.1 Å². The number of nitriles is 1. The zero-order valence-corrected chi connectivity index (χ0v) is 20.0. The number of H-pyrrole nitrogens is 1. The zero-order chi connectivity index (χ0) is 24.0. The monoisotopic (exact) mass is 555 g/mol. The quantitative estimate of drug-likeness (QED) is 0.291. The highest BCUT2D eigenvalue weighted by Gasteiger charge is 2.19. The molecule has 1 aromatic heterocycles. The molecule has 0 atom stereocenters. The molecule has 0 fully saturated rings. The lowest BCUT2D eigenvalue weighted by Crippen LogP contribution is -2.24. The van der Waals surface area contributed by atoms with Gasteiger partial charge in [-0.25, -0.2) is 9.37 Å². The van der Waals surface area contributed by atoms with Gasteiger partial charge in [0.2, 0.25) is 0 Å². The highest BCUT2D eigenvalue weighted by Crippen LogP contribution is 2.35. The molecule has 3 rings (SSSR count). The van der Waals surface area contributed by atoms with Crippen LogP contribution in [-0.4, -0.2) is 34.1 Å². The van der Waals surface area contributed by atoms with Crippen LogP contribution in [0.15, 0.2) is 34.9 Å². The number of nitrogens with one attached hydrogen (secondary N) is 3. The standard InChI is InChI=1S/C21H17BrCl2FN5O3/c22-20-18(29-16(30-20)10-27-3-4-31)21(32)28-9-12-1-2-15(24)19(17(12)25)33-14-6-11(8-26)5-13(23)7-14/h1-2,5-7,27,31H,3-4,9-10H2,(H,28,32)(H,29,30). The van der Waals surface area contributed by atoms with Crippen LogP contribution in [0.5, 0.6) is 11.5 Å². The van der Waals surface area contributed by atoms with Gasteiger partial charge in [0.25, 0.3) is 5.91 Å². The topological polar surface area (TPSA) is 123 Å². The van der Waals surface area contributed by atoms with Gasteiger partial charge >= 0.3 is 0 Å². The van der Waals surface area contributed by atoms with Gasteiger partial charge in [-0.2, -0.15) is 5.26 Å². The van der Waals surface area contributed by atoms with E-state index in [0.29, 0.717) is 23.5 Å². The summed E-state index contributed by atoms with van der Waals surface area (Å²) in [5.74, 6) is -0.890. The first-order chi connectivity index (χ1) is 15.8. The Hall–Kier alpha value is -2.68. The van der Waals surface area contributed by atoms with Crippen LogP contribution in [0.2, 0.25) is 10.0 Å². The third-order valence-corrected chi connectivity index (χ3v) is 5.40. The molecule has 12 heteroatoms. The summed E-state index contributed by atoms with van der Waals surface area (Å²) in [7, 11) is 0. The molecule has 0 aliphatic carbocycles. The Morgan fingerprint density at radius 2 is 2.09 bits per heavy atom. The summed E-state index contributed by atoms with van der Waals surface area (Å²) in [5, 5.41) is 23.7. The van der Waals surface area contributed by atoms with Crippen LogP contribution < -0.4 is 15.4 Å². The molecule has 4 N–H and O–H groups in total. The van der Waals surface area contributed by atoms with Crippen molar-refractivity contribution in [3.05, 3.63) is 73.4 Å². The van der Waals surface area contributed by atoms with Crippen molar-refractivity contribution >= 4 is 45.0 Å². The average Bonchev–Trinajstić information content (AvgIpc) is 3.16. The SMILES string of the molecule is N#Cc1cc(Cl)cc(Oc2c(Cl)ccc(CNC(=O)c3[nH]c(CNCCO)nc3Br)c2F)c1. The molecule has 8 nitrogen and oxygen atoms in total. The van der Waals surface area contributed by atoms with E-state index in [0.717, 1.165) is 0 Å². The number of nitrogens with zero attached hydrogens (tertiary/aromatic N) is 2. The molecule has 3 aromatic rings. The molecule has 33 heavy (non-hydrogen) atoms. The van der Waals surface area contributed by atoms with E-state index in [4.69, 9.17) is 38.3 Å². The highest BCUT2D eigenvalue weighted by atomic mass is 79.9. The van der Waals surface area contributed by atoms with Crippen molar-refractivity contribution in [3.8, 4) is 17.6 Å². The molecule has 2 aromatic carbocycles. The summed E-state index contributed by atoms with van der Waals surface area (Å²) in [6, 6.07) is 9.07. The van der Waals surface area contributed by atoms with Gasteiger partial charge in [-0.1, -0.05) is 29.3 Å². The van der Waals surface area contributed by atoms with E-state index >= 15 is 4.39 Å². The van der Waals surface area contributed by atoms with E-state index in [2.05, 4.69) is 36.5 Å². The molecule has 0 saturated heterocycles. The van der Waals surface area contributed by atoms with Gasteiger partial charge in [0, 0.05) is 23.7 Å². The number of amides is 1. The van der Waals surface area contributed by atoms with E-state index in [1.54, 1.807) is 0 Å². The van der Waals surface area contributed by atoms with Crippen LogP contribution in [-0.2, 0) is 13.1 Å². The van der Waals surface area contributed by atoms with Crippen molar-refractivity contribution < 1.29 is 19.0 Å². The van der Waals surface area contributed by atoms with Gasteiger partial charge in [-0.3, -0.25) is 4.79 Å². The molecule has 0 spiro atoms. The van der Waals surface area contributed by atoms with Gasteiger partial charge in [0.1, 0.15) is 21.9 Å². The Morgan fingerprint density at radius 3 is 2.82 bits per heavy atom. The minimum atomic E-state index is -0.765. The number of imidazole rings is 1. The normalized spacial score (nSPS) is 10.7. The number of hydrogen-bond acceptors (Lipinski definition) is 6. The van der Waals surface area contributed by atoms with Crippen LogP contribution in [0.1, 0.15) is 27.4 Å². The average molecular weight is 557 g/mol. The maximum absolute atomic E-state index is 15.1. The third-order valence-electron chi connectivity index (χ3n) is 4.31. The summed E-state index contributed by atoms with van der Waals surface area (Å²) in [6.07, 6.45) is 0. The van der Waals surface area contributed by atoms with Crippen molar-refractivity contribution in [2.75, 3.05) is 13.2 Å². The summed E-state index contributed by atoms with van der Waals surface area (Å²) >= 11 is 15.3. The number of rotatable bonds is 9. The lowest BCUT2D eigenvalue weighted by atomic mass is 10.2. The molecule has 0 aliphatic heterocycles. The minimum Gasteiger partial charge on any atom is -0.453 e. The molecule has 1 heterocycles. The van der Waals surface area contributed by atoms with Crippen molar-refractivity contribution in [2.24, 2.45) is 0 Å². The minimum absolute atomic E-state index is 0.0115. The van der Waals surface area contributed by atoms with Gasteiger partial charge in [-0.05, 0) is 40.2 Å². The van der Waals surface area contributed by atoms with Crippen LogP contribution in [0.25, 0.3) is 0 Å². The predicted molar refractivity (Wildman–Crippen MR) is 124 cm³/mol. The number of ether oxygens (including phenoxy) is 1. The summed E-state index contributed by atoms with van der Waals surface area (Å²) < 4.78 is 21.0. The number of aliphatic hydroxyl groups excluding tert-OH is 1. The maximum atomic E-state index is 15.1. The Morgan fingerprint density at radius 1 is 1.30 bits per heavy atom. The van der Waals surface area contributed by atoms with E-state index in [1.165, 1.54) is 30.3 Å². The molecular formula is C21H17BrCl2FN5O3. The first-order valence-electron chi connectivity index (χ1n) is 9.52. The molecule has 0 bridgehead atoms. The Bertz CT molecular complexity index is 1220. The lowest BCUT2D eigenvalue weighted by molar-refractivity contribution is 0.0945. The van der Waals surface area contributed by atoms with Crippen LogP contribution in [0.4, 0.5) is 4.39 Å². The molecule has 1 amide bonds.